The van der Waals surface area contributed by atoms with Crippen LogP contribution in [-0.4, -0.2) is 50.1 Å². The first-order valence-electron chi connectivity index (χ1n) is 7.75. The normalized spacial score (nSPS) is 13.0. The summed E-state index contributed by atoms with van der Waals surface area (Å²) in [6, 6.07) is -1.28. The SMILES string of the molecule is CC(C)(C)OC(=O)N[C@H](Cc1cncn1C(=O)OC(C)(C)C)C(=O)O. The maximum atomic E-state index is 12.1. The van der Waals surface area contributed by atoms with Gasteiger partial charge in [-0.2, -0.15) is 0 Å². The van der Waals surface area contributed by atoms with E-state index in [1.54, 1.807) is 41.5 Å². The Morgan fingerprint density at radius 1 is 1.16 bits per heavy atom. The largest absolute Gasteiger partial charge is 0.480 e. The van der Waals surface area contributed by atoms with Gasteiger partial charge in [-0.1, -0.05) is 0 Å². The molecule has 0 bridgehead atoms. The van der Waals surface area contributed by atoms with Crippen LogP contribution in [0, 0.1) is 0 Å². The van der Waals surface area contributed by atoms with Gasteiger partial charge in [0.1, 0.15) is 23.6 Å². The maximum absolute atomic E-state index is 12.1. The van der Waals surface area contributed by atoms with E-state index >= 15 is 0 Å². The summed E-state index contributed by atoms with van der Waals surface area (Å²) in [5, 5.41) is 11.6. The smallest absolute Gasteiger partial charge is 0.420 e. The highest BCUT2D eigenvalue weighted by molar-refractivity contribution is 5.80. The molecule has 0 radical (unpaired) electrons. The number of carboxylic acids is 1. The molecule has 1 rings (SSSR count). The van der Waals surface area contributed by atoms with E-state index in [1.165, 1.54) is 12.5 Å². The number of amides is 1. The fourth-order valence-electron chi connectivity index (χ4n) is 1.81. The summed E-state index contributed by atoms with van der Waals surface area (Å²) in [7, 11) is 0. The van der Waals surface area contributed by atoms with Crippen molar-refractivity contribution in [3.63, 3.8) is 0 Å². The number of alkyl carbamates (subject to hydrolysis) is 1. The van der Waals surface area contributed by atoms with Crippen molar-refractivity contribution in [1.29, 1.82) is 0 Å². The number of nitrogens with one attached hydrogen (secondary N) is 1. The molecule has 0 aromatic carbocycles. The molecule has 0 saturated carbocycles. The molecule has 140 valence electrons. The molecule has 1 heterocycles. The minimum absolute atomic E-state index is 0.159. The predicted octanol–water partition coefficient (Wildman–Crippen LogP) is 2.19. The first-order valence-corrected chi connectivity index (χ1v) is 7.75. The van der Waals surface area contributed by atoms with Crippen molar-refractivity contribution in [3.8, 4) is 0 Å². The van der Waals surface area contributed by atoms with E-state index in [0.717, 1.165) is 4.57 Å². The number of carbonyl (C=O) groups excluding carboxylic acids is 2. The second-order valence-electron chi connectivity index (χ2n) is 7.48. The van der Waals surface area contributed by atoms with E-state index in [2.05, 4.69) is 10.3 Å². The highest BCUT2D eigenvalue weighted by Gasteiger charge is 2.27. The Hall–Kier alpha value is -2.58. The Bertz CT molecular complexity index is 639. The zero-order chi connectivity index (χ0) is 19.4. The first-order chi connectivity index (χ1) is 11.3. The van der Waals surface area contributed by atoms with E-state index in [0.29, 0.717) is 0 Å². The number of carboxylic acid groups (broad SMARTS) is 1. The van der Waals surface area contributed by atoms with Crippen LogP contribution in [0.1, 0.15) is 47.2 Å². The molecule has 0 unspecified atom stereocenters. The van der Waals surface area contributed by atoms with Crippen LogP contribution in [0.25, 0.3) is 0 Å². The zero-order valence-electron chi connectivity index (χ0n) is 15.3. The lowest BCUT2D eigenvalue weighted by Crippen LogP contribution is -2.45. The number of nitrogens with zero attached hydrogens (tertiary/aromatic N) is 2. The quantitative estimate of drug-likeness (QED) is 0.849. The van der Waals surface area contributed by atoms with Crippen molar-refractivity contribution >= 4 is 18.2 Å². The maximum Gasteiger partial charge on any atom is 0.420 e. The number of carbonyl (C=O) groups is 3. The van der Waals surface area contributed by atoms with Crippen LogP contribution >= 0.6 is 0 Å². The van der Waals surface area contributed by atoms with Crippen molar-refractivity contribution in [2.45, 2.75) is 65.2 Å². The lowest BCUT2D eigenvalue weighted by Gasteiger charge is -2.22. The number of aliphatic carboxylic acids is 1. The van der Waals surface area contributed by atoms with Crippen molar-refractivity contribution in [2.75, 3.05) is 0 Å². The van der Waals surface area contributed by atoms with Crippen LogP contribution < -0.4 is 5.32 Å². The molecule has 0 aliphatic heterocycles. The molecule has 0 aliphatic rings. The van der Waals surface area contributed by atoms with Gasteiger partial charge in [0.2, 0.25) is 0 Å². The highest BCUT2D eigenvalue weighted by Crippen LogP contribution is 2.12. The third-order valence-corrected chi connectivity index (χ3v) is 2.71. The molecule has 1 aromatic rings. The molecular formula is C16H25N3O6. The standard InChI is InChI=1S/C16H25N3O6/c1-15(2,3)24-13(22)18-11(12(20)21)7-10-8-17-9-19(10)14(23)25-16(4,5)6/h8-9,11H,7H2,1-6H3,(H,18,22)(H,20,21)/t11-/m1/s1. The molecule has 0 saturated heterocycles. The molecule has 0 fully saturated rings. The molecule has 1 amide bonds. The number of imidazole rings is 1. The van der Waals surface area contributed by atoms with Gasteiger partial charge in [0.25, 0.3) is 0 Å². The third kappa shape index (κ3) is 7.23. The van der Waals surface area contributed by atoms with E-state index < -0.39 is 35.4 Å². The zero-order valence-corrected chi connectivity index (χ0v) is 15.3. The number of aromatic nitrogens is 2. The Morgan fingerprint density at radius 2 is 1.72 bits per heavy atom. The third-order valence-electron chi connectivity index (χ3n) is 2.71. The monoisotopic (exact) mass is 355 g/mol. The van der Waals surface area contributed by atoms with Crippen molar-refractivity contribution < 1.29 is 29.0 Å². The summed E-state index contributed by atoms with van der Waals surface area (Å²) in [5.74, 6) is -1.26. The van der Waals surface area contributed by atoms with Gasteiger partial charge in [-0.3, -0.25) is 0 Å². The van der Waals surface area contributed by atoms with E-state index in [9.17, 15) is 19.5 Å². The molecule has 1 atom stereocenters. The van der Waals surface area contributed by atoms with Gasteiger partial charge in [0.15, 0.2) is 0 Å². The molecule has 0 spiro atoms. The second kappa shape index (κ2) is 7.54. The van der Waals surface area contributed by atoms with Gasteiger partial charge in [0, 0.05) is 12.6 Å². The fraction of sp³-hybridized carbons (Fsp3) is 0.625. The topological polar surface area (TPSA) is 120 Å². The van der Waals surface area contributed by atoms with Crippen LogP contribution in [0.2, 0.25) is 0 Å². The molecule has 9 nitrogen and oxygen atoms in total. The number of rotatable bonds is 4. The summed E-state index contributed by atoms with van der Waals surface area (Å²) in [5.41, 5.74) is -1.18. The van der Waals surface area contributed by atoms with Crippen LogP contribution in [-0.2, 0) is 20.7 Å². The first kappa shape index (κ1) is 20.5. The van der Waals surface area contributed by atoms with Gasteiger partial charge in [-0.25, -0.2) is 23.9 Å². The Kier molecular flexibility index (Phi) is 6.17. The van der Waals surface area contributed by atoms with Crippen molar-refractivity contribution in [2.24, 2.45) is 0 Å². The lowest BCUT2D eigenvalue weighted by atomic mass is 10.1. The molecule has 0 aliphatic carbocycles. The van der Waals surface area contributed by atoms with Gasteiger partial charge in [-0.15, -0.1) is 0 Å². The average Bonchev–Trinajstić information content (AvgIpc) is 2.81. The Balaban J connectivity index is 2.87. The van der Waals surface area contributed by atoms with Gasteiger partial charge in [-0.05, 0) is 41.5 Å². The number of ether oxygens (including phenoxy) is 2. The summed E-state index contributed by atoms with van der Waals surface area (Å²) in [6.45, 7) is 10.1. The summed E-state index contributed by atoms with van der Waals surface area (Å²) < 4.78 is 11.4. The summed E-state index contributed by atoms with van der Waals surface area (Å²) in [4.78, 5) is 39.2. The average molecular weight is 355 g/mol. The lowest BCUT2D eigenvalue weighted by molar-refractivity contribution is -0.139. The van der Waals surface area contributed by atoms with Gasteiger partial charge < -0.3 is 19.9 Å². The molecule has 25 heavy (non-hydrogen) atoms. The van der Waals surface area contributed by atoms with E-state index in [4.69, 9.17) is 9.47 Å². The minimum Gasteiger partial charge on any atom is -0.480 e. The van der Waals surface area contributed by atoms with Crippen molar-refractivity contribution in [3.05, 3.63) is 18.2 Å². The minimum atomic E-state index is -1.28. The van der Waals surface area contributed by atoms with E-state index in [-0.39, 0.29) is 12.1 Å². The summed E-state index contributed by atoms with van der Waals surface area (Å²) in [6.07, 6.45) is 0.880. The van der Waals surface area contributed by atoms with Crippen molar-refractivity contribution in [1.82, 2.24) is 14.9 Å². The molecule has 1 aromatic heterocycles. The molecule has 2 N–H and O–H groups in total. The Labute approximate surface area is 146 Å². The van der Waals surface area contributed by atoms with Gasteiger partial charge in [0.05, 0.1) is 5.69 Å². The number of hydrogen-bond donors (Lipinski definition) is 2. The fourth-order valence-corrected chi connectivity index (χ4v) is 1.81. The molecular weight excluding hydrogens is 330 g/mol. The predicted molar refractivity (Wildman–Crippen MR) is 88.4 cm³/mol. The second-order valence-corrected chi connectivity index (χ2v) is 7.48. The Morgan fingerprint density at radius 3 is 2.20 bits per heavy atom. The number of hydrogen-bond acceptors (Lipinski definition) is 6. The van der Waals surface area contributed by atoms with Crippen LogP contribution in [0.5, 0.6) is 0 Å². The van der Waals surface area contributed by atoms with Crippen LogP contribution in [0.4, 0.5) is 9.59 Å². The van der Waals surface area contributed by atoms with E-state index in [1.807, 2.05) is 0 Å². The van der Waals surface area contributed by atoms with Crippen LogP contribution in [0.3, 0.4) is 0 Å². The van der Waals surface area contributed by atoms with Crippen LogP contribution in [0.15, 0.2) is 12.5 Å². The molecule has 9 heteroatoms. The van der Waals surface area contributed by atoms with Gasteiger partial charge >= 0.3 is 18.2 Å². The highest BCUT2D eigenvalue weighted by atomic mass is 16.6. The summed E-state index contributed by atoms with van der Waals surface area (Å²) >= 11 is 0.